The Labute approximate surface area is 143 Å². The van der Waals surface area contributed by atoms with Gasteiger partial charge in [-0.1, -0.05) is 0 Å². The summed E-state index contributed by atoms with van der Waals surface area (Å²) in [5, 5.41) is 2.90. The first kappa shape index (κ1) is 19.0. The summed E-state index contributed by atoms with van der Waals surface area (Å²) < 4.78 is 22.3. The first-order valence-corrected chi connectivity index (χ1v) is 8.45. The number of alkyl carbamates (subject to hydrolysis) is 1. The third-order valence-corrected chi connectivity index (χ3v) is 4.08. The molecule has 2 fully saturated rings. The van der Waals surface area contributed by atoms with E-state index in [0.29, 0.717) is 19.4 Å². The summed E-state index contributed by atoms with van der Waals surface area (Å²) in [6.45, 7) is 10.9. The number of carbonyl (C=O) groups excluding carboxylic acids is 2. The van der Waals surface area contributed by atoms with Crippen LogP contribution in [0.25, 0.3) is 0 Å². The highest BCUT2D eigenvalue weighted by Gasteiger charge is 2.54. The zero-order valence-corrected chi connectivity index (χ0v) is 15.4. The van der Waals surface area contributed by atoms with Crippen LogP contribution in [0.3, 0.4) is 0 Å². The van der Waals surface area contributed by atoms with Crippen molar-refractivity contribution in [3.05, 3.63) is 0 Å². The molecule has 0 aromatic carbocycles. The van der Waals surface area contributed by atoms with Gasteiger partial charge < -0.3 is 24.3 Å². The van der Waals surface area contributed by atoms with Gasteiger partial charge in [0, 0.05) is 6.92 Å². The molecular formula is C17H29NO6. The van der Waals surface area contributed by atoms with Crippen molar-refractivity contribution in [2.45, 2.75) is 84.0 Å². The number of hydrogen-bond acceptors (Lipinski definition) is 6. The Morgan fingerprint density at radius 3 is 2.42 bits per heavy atom. The third kappa shape index (κ3) is 5.08. The molecule has 1 aliphatic heterocycles. The summed E-state index contributed by atoms with van der Waals surface area (Å²) in [7, 11) is 0. The number of fused-ring (bicyclic) bond motifs is 1. The number of rotatable bonds is 4. The van der Waals surface area contributed by atoms with E-state index in [1.807, 2.05) is 34.6 Å². The normalized spacial score (nSPS) is 31.4. The van der Waals surface area contributed by atoms with Crippen LogP contribution in [0.15, 0.2) is 0 Å². The second kappa shape index (κ2) is 6.88. The van der Waals surface area contributed by atoms with E-state index in [4.69, 9.17) is 18.9 Å². The van der Waals surface area contributed by atoms with Crippen LogP contribution < -0.4 is 5.32 Å². The lowest BCUT2D eigenvalue weighted by Crippen LogP contribution is -2.45. The number of esters is 1. The van der Waals surface area contributed by atoms with Crippen molar-refractivity contribution in [2.75, 3.05) is 6.61 Å². The lowest BCUT2D eigenvalue weighted by Gasteiger charge is -2.25. The second-order valence-corrected chi connectivity index (χ2v) is 7.94. The largest absolute Gasteiger partial charge is 0.466 e. The van der Waals surface area contributed by atoms with Crippen molar-refractivity contribution >= 4 is 12.1 Å². The Morgan fingerprint density at radius 2 is 1.83 bits per heavy atom. The van der Waals surface area contributed by atoms with Crippen molar-refractivity contribution in [3.8, 4) is 0 Å². The van der Waals surface area contributed by atoms with E-state index in [2.05, 4.69) is 5.32 Å². The molecule has 0 unspecified atom stereocenters. The lowest BCUT2D eigenvalue weighted by atomic mass is 10.0. The average Bonchev–Trinajstić information content (AvgIpc) is 2.82. The van der Waals surface area contributed by atoms with Gasteiger partial charge in [-0.15, -0.1) is 0 Å². The fraction of sp³-hybridized carbons (Fsp3) is 0.882. The molecule has 0 aromatic rings. The van der Waals surface area contributed by atoms with Crippen LogP contribution in [0.2, 0.25) is 0 Å². The Hall–Kier alpha value is -1.34. The zero-order valence-electron chi connectivity index (χ0n) is 15.4. The molecule has 1 N–H and O–H groups in total. The molecular weight excluding hydrogens is 314 g/mol. The van der Waals surface area contributed by atoms with E-state index in [0.717, 1.165) is 0 Å². The van der Waals surface area contributed by atoms with Crippen LogP contribution in [-0.4, -0.2) is 48.3 Å². The van der Waals surface area contributed by atoms with E-state index in [1.54, 1.807) is 0 Å². The molecule has 0 aromatic heterocycles. The van der Waals surface area contributed by atoms with Crippen molar-refractivity contribution in [1.29, 1.82) is 0 Å². The quantitative estimate of drug-likeness (QED) is 0.789. The Bertz CT molecular complexity index is 484. The maximum atomic E-state index is 12.1. The van der Waals surface area contributed by atoms with Gasteiger partial charge in [0.2, 0.25) is 0 Å². The SMILES string of the molecule is CC(=O)OCC[C@H]1C[C@@H](NC(=O)OC(C)(C)C)[C@@H]2OC(C)(C)O[C@H]12. The lowest BCUT2D eigenvalue weighted by molar-refractivity contribution is -0.160. The minimum Gasteiger partial charge on any atom is -0.466 e. The van der Waals surface area contributed by atoms with Crippen LogP contribution in [0, 0.1) is 5.92 Å². The molecule has 1 amide bonds. The summed E-state index contributed by atoms with van der Waals surface area (Å²) in [6.07, 6.45) is 0.559. The van der Waals surface area contributed by atoms with Crippen LogP contribution >= 0.6 is 0 Å². The van der Waals surface area contributed by atoms with Crippen molar-refractivity contribution in [2.24, 2.45) is 5.92 Å². The molecule has 1 heterocycles. The van der Waals surface area contributed by atoms with E-state index in [-0.39, 0.29) is 30.1 Å². The van der Waals surface area contributed by atoms with Gasteiger partial charge in [-0.2, -0.15) is 0 Å². The number of hydrogen-bond donors (Lipinski definition) is 1. The van der Waals surface area contributed by atoms with Gasteiger partial charge in [0.15, 0.2) is 5.79 Å². The molecule has 2 aliphatic rings. The third-order valence-electron chi connectivity index (χ3n) is 4.08. The predicted molar refractivity (Wildman–Crippen MR) is 86.3 cm³/mol. The Balaban J connectivity index is 1.98. The summed E-state index contributed by atoms with van der Waals surface area (Å²) in [5.74, 6) is -0.837. The molecule has 0 spiro atoms. The molecule has 7 nitrogen and oxygen atoms in total. The first-order chi connectivity index (χ1) is 11.0. The molecule has 4 atom stereocenters. The number of carbonyl (C=O) groups is 2. The molecule has 0 radical (unpaired) electrons. The summed E-state index contributed by atoms with van der Waals surface area (Å²) in [4.78, 5) is 23.0. The van der Waals surface area contributed by atoms with Crippen molar-refractivity contribution in [1.82, 2.24) is 5.32 Å². The average molecular weight is 343 g/mol. The summed E-state index contributed by atoms with van der Waals surface area (Å²) in [6, 6.07) is -0.186. The maximum absolute atomic E-state index is 12.1. The van der Waals surface area contributed by atoms with E-state index in [9.17, 15) is 9.59 Å². The molecule has 1 aliphatic carbocycles. The molecule has 24 heavy (non-hydrogen) atoms. The standard InChI is InChI=1S/C17H29NO6/c1-10(19)21-8-7-11-9-12(18-15(20)24-16(2,3)4)14-13(11)22-17(5,6)23-14/h11-14H,7-9H2,1-6H3,(H,18,20)/t11-,12+,13+,14-/m0/s1. The van der Waals surface area contributed by atoms with Gasteiger partial charge in [-0.3, -0.25) is 4.79 Å². The van der Waals surface area contributed by atoms with Crippen LogP contribution in [0.5, 0.6) is 0 Å². The van der Waals surface area contributed by atoms with Gasteiger partial charge in [-0.25, -0.2) is 4.79 Å². The highest BCUT2D eigenvalue weighted by atomic mass is 16.8. The monoisotopic (exact) mass is 343 g/mol. The summed E-state index contributed by atoms with van der Waals surface area (Å²) in [5.41, 5.74) is -0.552. The Morgan fingerprint density at radius 1 is 1.21 bits per heavy atom. The van der Waals surface area contributed by atoms with E-state index < -0.39 is 17.5 Å². The number of ether oxygens (including phenoxy) is 4. The van der Waals surface area contributed by atoms with Crippen LogP contribution in [0.4, 0.5) is 4.79 Å². The van der Waals surface area contributed by atoms with Gasteiger partial charge >= 0.3 is 12.1 Å². The highest BCUT2D eigenvalue weighted by molar-refractivity contribution is 5.68. The smallest absolute Gasteiger partial charge is 0.407 e. The molecule has 0 bridgehead atoms. The topological polar surface area (TPSA) is 83.1 Å². The Kier molecular flexibility index (Phi) is 5.44. The predicted octanol–water partition coefficient (Wildman–Crippen LogP) is 2.37. The molecule has 1 saturated heterocycles. The highest BCUT2D eigenvalue weighted by Crippen LogP contribution is 2.43. The minimum absolute atomic E-state index is 0.129. The minimum atomic E-state index is -0.691. The molecule has 138 valence electrons. The molecule has 7 heteroatoms. The first-order valence-electron chi connectivity index (χ1n) is 8.45. The summed E-state index contributed by atoms with van der Waals surface area (Å²) >= 11 is 0. The van der Waals surface area contributed by atoms with E-state index >= 15 is 0 Å². The fourth-order valence-corrected chi connectivity index (χ4v) is 3.32. The van der Waals surface area contributed by atoms with Crippen LogP contribution in [-0.2, 0) is 23.7 Å². The van der Waals surface area contributed by atoms with Crippen LogP contribution in [0.1, 0.15) is 54.4 Å². The van der Waals surface area contributed by atoms with Crippen molar-refractivity contribution in [3.63, 3.8) is 0 Å². The molecule has 2 rings (SSSR count). The number of amides is 1. The zero-order chi connectivity index (χ0) is 18.1. The molecule has 1 saturated carbocycles. The maximum Gasteiger partial charge on any atom is 0.407 e. The fourth-order valence-electron chi connectivity index (χ4n) is 3.32. The van der Waals surface area contributed by atoms with Gasteiger partial charge in [0.25, 0.3) is 0 Å². The van der Waals surface area contributed by atoms with Gasteiger partial charge in [0.05, 0.1) is 18.8 Å². The number of nitrogens with one attached hydrogen (secondary N) is 1. The second-order valence-electron chi connectivity index (χ2n) is 7.94. The van der Waals surface area contributed by atoms with E-state index in [1.165, 1.54) is 6.92 Å². The van der Waals surface area contributed by atoms with Crippen molar-refractivity contribution < 1.29 is 28.5 Å². The van der Waals surface area contributed by atoms with Gasteiger partial charge in [0.1, 0.15) is 11.7 Å². The van der Waals surface area contributed by atoms with Gasteiger partial charge in [-0.05, 0) is 53.4 Å².